The van der Waals surface area contributed by atoms with Crippen LogP contribution in [-0.4, -0.2) is 5.97 Å². The molecule has 0 atom stereocenters. The molecule has 0 amide bonds. The maximum Gasteiger partial charge on any atom is 0.343 e. The molecule has 0 N–H and O–H groups in total. The average Bonchev–Trinajstić information content (AvgIpc) is 2.62. The summed E-state index contributed by atoms with van der Waals surface area (Å²) in [4.78, 5) is 12.1. The van der Waals surface area contributed by atoms with Gasteiger partial charge in [0, 0.05) is 18.2 Å². The fraction of sp³-hybridized carbons (Fsp3) is 0. The van der Waals surface area contributed by atoms with Gasteiger partial charge in [0.1, 0.15) is 5.75 Å². The molecule has 3 nitrogen and oxygen atoms in total. The zero-order valence-electron chi connectivity index (χ0n) is 12.9. The fourth-order valence-electron chi connectivity index (χ4n) is 2.11. The molecule has 3 aromatic rings. The number of esters is 1. The van der Waals surface area contributed by atoms with E-state index in [1.54, 1.807) is 18.2 Å². The smallest absolute Gasteiger partial charge is 0.343 e. The summed E-state index contributed by atoms with van der Waals surface area (Å²) in [5.74, 6) is 0.170. The molecule has 0 bridgehead atoms. The third-order valence-electron chi connectivity index (χ3n) is 3.26. The van der Waals surface area contributed by atoms with Crippen LogP contribution in [-0.2, 0) is 0 Å². The van der Waals surface area contributed by atoms with Crippen LogP contribution in [0.15, 0.2) is 85.2 Å². The highest BCUT2D eigenvalue weighted by Gasteiger charge is 2.07. The van der Waals surface area contributed by atoms with Crippen molar-refractivity contribution >= 4 is 18.2 Å². The van der Waals surface area contributed by atoms with Gasteiger partial charge in [0.05, 0.1) is 5.56 Å². The molecule has 1 heterocycles. The monoisotopic (exact) mass is 381 g/mol. The molecule has 4 heteroatoms. The van der Waals surface area contributed by atoms with Crippen LogP contribution < -0.4 is 26.3 Å². The molecule has 0 fully saturated rings. The van der Waals surface area contributed by atoms with Crippen LogP contribution in [0.4, 0.5) is 0 Å². The second-order valence-corrected chi connectivity index (χ2v) is 4.97. The Morgan fingerprint density at radius 2 is 1.58 bits per heavy atom. The zero-order chi connectivity index (χ0) is 15.9. The van der Waals surface area contributed by atoms with Gasteiger partial charge in [-0.3, -0.25) is 0 Å². The van der Waals surface area contributed by atoms with Gasteiger partial charge >= 0.3 is 5.97 Å². The molecule has 0 aliphatic rings. The van der Waals surface area contributed by atoms with E-state index in [2.05, 4.69) is 0 Å². The molecule has 2 aromatic carbocycles. The van der Waals surface area contributed by atoms with Gasteiger partial charge in [0.25, 0.3) is 0 Å². The molecule has 120 valence electrons. The number of nitrogens with zero attached hydrogens (tertiary/aromatic N) is 1. The van der Waals surface area contributed by atoms with Gasteiger partial charge in [-0.05, 0) is 29.8 Å². The molecule has 0 unspecified atom stereocenters. The lowest BCUT2D eigenvalue weighted by molar-refractivity contribution is -0.567. The lowest BCUT2D eigenvalue weighted by atomic mass is 10.2. The number of benzene rings is 2. The van der Waals surface area contributed by atoms with Gasteiger partial charge in [-0.2, -0.15) is 4.57 Å². The second kappa shape index (κ2) is 8.79. The zero-order valence-corrected chi connectivity index (χ0v) is 14.5. The Bertz CT molecular complexity index is 817. The van der Waals surface area contributed by atoms with E-state index < -0.39 is 0 Å². The summed E-state index contributed by atoms with van der Waals surface area (Å²) in [6.07, 6.45) is 7.81. The van der Waals surface area contributed by atoms with Crippen molar-refractivity contribution in [1.29, 1.82) is 0 Å². The van der Waals surface area contributed by atoms with Crippen molar-refractivity contribution in [3.8, 4) is 5.75 Å². The first-order valence-electron chi connectivity index (χ1n) is 7.32. The Morgan fingerprint density at radius 1 is 0.875 bits per heavy atom. The number of halogens is 1. The van der Waals surface area contributed by atoms with Crippen LogP contribution in [0.1, 0.15) is 15.9 Å². The number of carbonyl (C=O) groups is 1. The van der Waals surface area contributed by atoms with Crippen LogP contribution in [0.2, 0.25) is 0 Å². The summed E-state index contributed by atoms with van der Waals surface area (Å²) >= 11 is 0. The van der Waals surface area contributed by atoms with Crippen LogP contribution in [0.3, 0.4) is 0 Å². The highest BCUT2D eigenvalue weighted by Crippen LogP contribution is 2.16. The Hall–Kier alpha value is -2.72. The van der Waals surface area contributed by atoms with Crippen molar-refractivity contribution in [1.82, 2.24) is 0 Å². The number of hydrogen-bond acceptors (Lipinski definition) is 2. The maximum atomic E-state index is 12.1. The molecule has 1 aromatic heterocycles. The van der Waals surface area contributed by atoms with Crippen molar-refractivity contribution in [2.45, 2.75) is 0 Å². The van der Waals surface area contributed by atoms with E-state index in [9.17, 15) is 4.79 Å². The second-order valence-electron chi connectivity index (χ2n) is 4.97. The summed E-state index contributed by atoms with van der Waals surface area (Å²) in [7, 11) is 0. The van der Waals surface area contributed by atoms with Crippen molar-refractivity contribution < 1.29 is 31.1 Å². The highest BCUT2D eigenvalue weighted by molar-refractivity contribution is 5.91. The first-order chi connectivity index (χ1) is 11.3. The number of pyridine rings is 1. The molecular formula is C20H16BrNO2. The molecule has 0 spiro atoms. The third kappa shape index (κ3) is 4.89. The molecule has 0 saturated carbocycles. The number of rotatable bonds is 4. The predicted molar refractivity (Wildman–Crippen MR) is 89.7 cm³/mol. The summed E-state index contributed by atoms with van der Waals surface area (Å²) in [5.41, 5.74) is 1.49. The summed E-state index contributed by atoms with van der Waals surface area (Å²) < 4.78 is 7.36. The van der Waals surface area contributed by atoms with E-state index >= 15 is 0 Å². The predicted octanol–water partition coefficient (Wildman–Crippen LogP) is 0.825. The normalized spacial score (nSPS) is 10.2. The Labute approximate surface area is 151 Å². The van der Waals surface area contributed by atoms with Gasteiger partial charge in [-0.1, -0.05) is 36.4 Å². The number of carbonyl (C=O) groups excluding carboxylic acids is 1. The standard InChI is InChI=1S/C20H16NO2.BrH/c22-20(18-9-3-1-4-10-18)23-19-11-7-8-17(16-19)12-15-21-13-5-2-6-14-21;/h1-16H;1H/q+1;/p-1/b15-12+;. The van der Waals surface area contributed by atoms with Gasteiger partial charge in [-0.15, -0.1) is 0 Å². The van der Waals surface area contributed by atoms with E-state index in [-0.39, 0.29) is 23.0 Å². The van der Waals surface area contributed by atoms with Crippen molar-refractivity contribution in [3.63, 3.8) is 0 Å². The molecule has 0 radical (unpaired) electrons. The van der Waals surface area contributed by atoms with Crippen molar-refractivity contribution in [3.05, 3.63) is 96.3 Å². The molecule has 0 aliphatic heterocycles. The van der Waals surface area contributed by atoms with Crippen LogP contribution in [0, 0.1) is 0 Å². The fourth-order valence-corrected chi connectivity index (χ4v) is 2.11. The van der Waals surface area contributed by atoms with Crippen LogP contribution >= 0.6 is 0 Å². The summed E-state index contributed by atoms with van der Waals surface area (Å²) in [6, 6.07) is 22.3. The summed E-state index contributed by atoms with van der Waals surface area (Å²) in [6.45, 7) is 0. The lowest BCUT2D eigenvalue weighted by Gasteiger charge is -2.04. The molecule has 0 saturated heterocycles. The van der Waals surface area contributed by atoms with E-state index in [0.717, 1.165) is 5.56 Å². The van der Waals surface area contributed by atoms with Gasteiger partial charge < -0.3 is 21.7 Å². The SMILES string of the molecule is O=C(Oc1cccc(/C=C/[n+]2ccccc2)c1)c1ccccc1.[Br-]. The Kier molecular flexibility index (Phi) is 6.46. The molecule has 24 heavy (non-hydrogen) atoms. The topological polar surface area (TPSA) is 30.2 Å². The van der Waals surface area contributed by atoms with E-state index in [1.165, 1.54) is 0 Å². The van der Waals surface area contributed by atoms with E-state index in [1.807, 2.05) is 83.8 Å². The largest absolute Gasteiger partial charge is 1.00 e. The van der Waals surface area contributed by atoms with Crippen molar-refractivity contribution in [2.24, 2.45) is 0 Å². The van der Waals surface area contributed by atoms with Crippen molar-refractivity contribution in [2.75, 3.05) is 0 Å². The minimum atomic E-state index is -0.357. The Morgan fingerprint density at radius 3 is 2.33 bits per heavy atom. The average molecular weight is 382 g/mol. The summed E-state index contributed by atoms with van der Waals surface area (Å²) in [5, 5.41) is 0. The molecular weight excluding hydrogens is 366 g/mol. The maximum absolute atomic E-state index is 12.1. The lowest BCUT2D eigenvalue weighted by Crippen LogP contribution is -3.00. The molecule has 3 rings (SSSR count). The quantitative estimate of drug-likeness (QED) is 0.380. The van der Waals surface area contributed by atoms with E-state index in [0.29, 0.717) is 11.3 Å². The first kappa shape index (κ1) is 17.6. The number of hydrogen-bond donors (Lipinski definition) is 0. The highest BCUT2D eigenvalue weighted by atomic mass is 79.9. The number of ether oxygens (including phenoxy) is 1. The first-order valence-corrected chi connectivity index (χ1v) is 7.32. The Balaban J connectivity index is 0.00000208. The van der Waals surface area contributed by atoms with Gasteiger partial charge in [0.2, 0.25) is 0 Å². The van der Waals surface area contributed by atoms with Gasteiger partial charge in [-0.25, -0.2) is 4.79 Å². The minimum absolute atomic E-state index is 0. The van der Waals surface area contributed by atoms with Crippen LogP contribution in [0.25, 0.3) is 12.3 Å². The number of aromatic nitrogens is 1. The minimum Gasteiger partial charge on any atom is -1.00 e. The molecule has 0 aliphatic carbocycles. The van der Waals surface area contributed by atoms with Crippen LogP contribution in [0.5, 0.6) is 5.75 Å². The van der Waals surface area contributed by atoms with E-state index in [4.69, 9.17) is 4.74 Å². The van der Waals surface area contributed by atoms with Gasteiger partial charge in [0.15, 0.2) is 18.6 Å². The third-order valence-corrected chi connectivity index (χ3v) is 3.26.